The van der Waals surface area contributed by atoms with Gasteiger partial charge >= 0.3 is 6.01 Å². The lowest BCUT2D eigenvalue weighted by Crippen LogP contribution is -2.51. The normalized spacial score (nSPS) is 24.9. The summed E-state index contributed by atoms with van der Waals surface area (Å²) in [7, 11) is 2.11. The van der Waals surface area contributed by atoms with E-state index >= 15 is 4.39 Å². The summed E-state index contributed by atoms with van der Waals surface area (Å²) in [5.74, 6) is 0.751. The van der Waals surface area contributed by atoms with Gasteiger partial charge in [0.1, 0.15) is 23.7 Å². The second kappa shape index (κ2) is 10.0. The highest BCUT2D eigenvalue weighted by Gasteiger charge is 2.35. The molecule has 4 aromatic rings. The molecule has 3 aromatic carbocycles. The van der Waals surface area contributed by atoms with Crippen LogP contribution in [0.2, 0.25) is 5.02 Å². The third-order valence-electron chi connectivity index (χ3n) is 8.78. The summed E-state index contributed by atoms with van der Waals surface area (Å²) in [6.45, 7) is 5.27. The first kappa shape index (κ1) is 25.7. The SMILES string of the molecule is CC1C[C@@H](COc2nc(N3CC4CCC(C3)N4)c3cc(Cl)c(-c4cc(O)cc5ccccc45)c(F)c3n2)N(C)C1. The number of phenols is 1. The number of benzene rings is 3. The molecule has 2 N–H and O–H groups in total. The van der Waals surface area contributed by atoms with Gasteiger partial charge in [-0.05, 0) is 66.8 Å². The smallest absolute Gasteiger partial charge is 0.319 e. The van der Waals surface area contributed by atoms with Gasteiger partial charge in [0.15, 0.2) is 5.82 Å². The Labute approximate surface area is 237 Å². The monoisotopic (exact) mass is 561 g/mol. The third kappa shape index (κ3) is 4.52. The van der Waals surface area contributed by atoms with Gasteiger partial charge in [-0.1, -0.05) is 42.8 Å². The van der Waals surface area contributed by atoms with Crippen molar-refractivity contribution in [1.82, 2.24) is 20.2 Å². The molecule has 0 radical (unpaired) electrons. The molecule has 9 heteroatoms. The highest BCUT2D eigenvalue weighted by molar-refractivity contribution is 6.35. The van der Waals surface area contributed by atoms with Gasteiger partial charge in [-0.25, -0.2) is 4.39 Å². The fourth-order valence-corrected chi connectivity index (χ4v) is 7.20. The minimum absolute atomic E-state index is 0.0443. The number of phenolic OH excluding ortho intramolecular Hbond substituents is 1. The van der Waals surface area contributed by atoms with E-state index in [1.54, 1.807) is 18.2 Å². The van der Waals surface area contributed by atoms with E-state index in [2.05, 4.69) is 34.1 Å². The van der Waals surface area contributed by atoms with Crippen LogP contribution in [0.4, 0.5) is 10.2 Å². The summed E-state index contributed by atoms with van der Waals surface area (Å²) in [5.41, 5.74) is 0.900. The van der Waals surface area contributed by atoms with Gasteiger partial charge in [-0.3, -0.25) is 4.90 Å². The predicted octanol–water partition coefficient (Wildman–Crippen LogP) is 5.61. The standard InChI is InChI=1S/C31H33ClFN5O2/c1-17-9-21(37(2)13-17)16-40-31-35-29-25(30(36-31)38-14-19-7-8-20(15-38)34-19)12-26(32)27(28(29)33)24-11-22(39)10-18-5-3-4-6-23(18)24/h3-6,10-12,17,19-21,34,39H,7-9,13-16H2,1-2H3/t17?,19?,20?,21-/m0/s1. The molecule has 2 bridgehead atoms. The van der Waals surface area contributed by atoms with Crippen LogP contribution in [0.25, 0.3) is 32.8 Å². The predicted molar refractivity (Wildman–Crippen MR) is 157 cm³/mol. The molecular formula is C31H33ClFN5O2. The molecule has 0 saturated carbocycles. The number of fused-ring (bicyclic) bond motifs is 4. The first-order valence-electron chi connectivity index (χ1n) is 14.1. The lowest BCUT2D eigenvalue weighted by atomic mass is 9.96. The molecule has 40 heavy (non-hydrogen) atoms. The van der Waals surface area contributed by atoms with E-state index < -0.39 is 5.82 Å². The molecule has 3 aliphatic heterocycles. The number of hydrogen-bond donors (Lipinski definition) is 2. The van der Waals surface area contributed by atoms with Crippen LogP contribution in [0.5, 0.6) is 11.8 Å². The zero-order chi connectivity index (χ0) is 27.5. The molecule has 3 saturated heterocycles. The second-order valence-corrected chi connectivity index (χ2v) is 12.2. The number of ether oxygens (including phenoxy) is 1. The molecule has 208 valence electrons. The number of nitrogens with one attached hydrogen (secondary N) is 1. The van der Waals surface area contributed by atoms with E-state index in [-0.39, 0.29) is 33.9 Å². The van der Waals surface area contributed by atoms with Crippen LogP contribution >= 0.6 is 11.6 Å². The molecule has 7 rings (SSSR count). The number of hydrogen-bond acceptors (Lipinski definition) is 7. The first-order chi connectivity index (χ1) is 19.3. The molecule has 3 unspecified atom stereocenters. The number of anilines is 1. The molecule has 7 nitrogen and oxygen atoms in total. The van der Waals surface area contributed by atoms with Crippen molar-refractivity contribution in [2.75, 3.05) is 38.2 Å². The zero-order valence-corrected chi connectivity index (χ0v) is 23.5. The number of likely N-dealkylation sites (tertiary alicyclic amines) is 1. The Morgan fingerprint density at radius 3 is 2.60 bits per heavy atom. The Hall–Kier alpha value is -3.20. The van der Waals surface area contributed by atoms with Crippen LogP contribution in [0.1, 0.15) is 26.2 Å². The van der Waals surface area contributed by atoms with Crippen molar-refractivity contribution < 1.29 is 14.2 Å². The lowest BCUT2D eigenvalue weighted by Gasteiger charge is -2.34. The minimum atomic E-state index is -0.545. The number of aromatic nitrogens is 2. The van der Waals surface area contributed by atoms with Crippen molar-refractivity contribution in [2.24, 2.45) is 5.92 Å². The van der Waals surface area contributed by atoms with Crippen molar-refractivity contribution in [3.63, 3.8) is 0 Å². The van der Waals surface area contributed by atoms with Crippen LogP contribution in [-0.4, -0.2) is 71.4 Å². The van der Waals surface area contributed by atoms with E-state index in [1.807, 2.05) is 24.3 Å². The molecule has 3 aliphatic rings. The topological polar surface area (TPSA) is 73.8 Å². The Morgan fingerprint density at radius 2 is 1.85 bits per heavy atom. The number of piperazine rings is 1. The average molecular weight is 562 g/mol. The number of likely N-dealkylation sites (N-methyl/N-ethyl adjacent to an activating group) is 1. The summed E-state index contributed by atoms with van der Waals surface area (Å²) in [6, 6.07) is 13.7. The Balaban J connectivity index is 1.37. The molecule has 3 fully saturated rings. The molecular weight excluding hydrogens is 529 g/mol. The van der Waals surface area contributed by atoms with Gasteiger partial charge in [0, 0.05) is 48.7 Å². The Morgan fingerprint density at radius 1 is 1.07 bits per heavy atom. The van der Waals surface area contributed by atoms with Gasteiger partial charge in [-0.2, -0.15) is 9.97 Å². The highest BCUT2D eigenvalue weighted by atomic mass is 35.5. The Bertz CT molecular complexity index is 1600. The largest absolute Gasteiger partial charge is 0.508 e. The summed E-state index contributed by atoms with van der Waals surface area (Å²) >= 11 is 6.85. The van der Waals surface area contributed by atoms with Crippen LogP contribution in [0.3, 0.4) is 0 Å². The average Bonchev–Trinajstić information content (AvgIpc) is 3.45. The van der Waals surface area contributed by atoms with Crippen molar-refractivity contribution >= 4 is 39.1 Å². The van der Waals surface area contributed by atoms with Crippen LogP contribution in [0, 0.1) is 11.7 Å². The zero-order valence-electron chi connectivity index (χ0n) is 22.7. The van der Waals surface area contributed by atoms with Crippen molar-refractivity contribution in [3.05, 3.63) is 53.3 Å². The first-order valence-corrected chi connectivity index (χ1v) is 14.5. The lowest BCUT2D eigenvalue weighted by molar-refractivity contribution is 0.188. The van der Waals surface area contributed by atoms with Crippen LogP contribution < -0.4 is 15.0 Å². The summed E-state index contributed by atoms with van der Waals surface area (Å²) in [6.07, 6.45) is 3.27. The summed E-state index contributed by atoms with van der Waals surface area (Å²) in [4.78, 5) is 14.0. The fraction of sp³-hybridized carbons (Fsp3) is 0.419. The molecule has 4 atom stereocenters. The number of nitrogens with zero attached hydrogens (tertiary/aromatic N) is 4. The maximum absolute atomic E-state index is 16.7. The number of aromatic hydroxyl groups is 1. The van der Waals surface area contributed by atoms with Crippen LogP contribution in [0.15, 0.2) is 42.5 Å². The maximum Gasteiger partial charge on any atom is 0.319 e. The van der Waals surface area contributed by atoms with Gasteiger partial charge in [-0.15, -0.1) is 0 Å². The van der Waals surface area contributed by atoms with Gasteiger partial charge < -0.3 is 20.1 Å². The maximum atomic E-state index is 16.7. The molecule has 0 aliphatic carbocycles. The molecule has 1 aromatic heterocycles. The van der Waals surface area contributed by atoms with Gasteiger partial charge in [0.2, 0.25) is 0 Å². The van der Waals surface area contributed by atoms with E-state index in [1.165, 1.54) is 0 Å². The van der Waals surface area contributed by atoms with Crippen molar-refractivity contribution in [2.45, 2.75) is 44.3 Å². The molecule has 4 heterocycles. The van der Waals surface area contributed by atoms with Crippen molar-refractivity contribution in [1.29, 1.82) is 0 Å². The van der Waals surface area contributed by atoms with Crippen LogP contribution in [-0.2, 0) is 0 Å². The number of rotatable bonds is 5. The summed E-state index contributed by atoms with van der Waals surface area (Å²) in [5, 5.41) is 16.5. The quantitative estimate of drug-likeness (QED) is 0.328. The number of halogens is 2. The second-order valence-electron chi connectivity index (χ2n) is 11.8. The van der Waals surface area contributed by atoms with Gasteiger partial charge in [0.25, 0.3) is 0 Å². The molecule has 0 spiro atoms. The van der Waals surface area contributed by atoms with Gasteiger partial charge in [0.05, 0.1) is 5.02 Å². The summed E-state index contributed by atoms with van der Waals surface area (Å²) < 4.78 is 22.9. The Kier molecular flexibility index (Phi) is 6.45. The van der Waals surface area contributed by atoms with Crippen molar-refractivity contribution in [3.8, 4) is 22.9 Å². The van der Waals surface area contributed by atoms with E-state index in [0.29, 0.717) is 41.4 Å². The fourth-order valence-electron chi connectivity index (χ4n) is 6.91. The van der Waals surface area contributed by atoms with E-state index in [9.17, 15) is 5.11 Å². The van der Waals surface area contributed by atoms with E-state index in [0.717, 1.165) is 49.7 Å². The minimum Gasteiger partial charge on any atom is -0.508 e. The molecule has 0 amide bonds. The highest BCUT2D eigenvalue weighted by Crippen LogP contribution is 2.43. The van der Waals surface area contributed by atoms with E-state index in [4.69, 9.17) is 21.3 Å². The third-order valence-corrected chi connectivity index (χ3v) is 9.07.